The lowest BCUT2D eigenvalue weighted by atomic mass is 10.0. The first-order valence-corrected chi connectivity index (χ1v) is 8.21. The van der Waals surface area contributed by atoms with E-state index in [1.807, 2.05) is 26.8 Å². The fourth-order valence-electron chi connectivity index (χ4n) is 2.48. The van der Waals surface area contributed by atoms with Gasteiger partial charge in [0.15, 0.2) is 0 Å². The first kappa shape index (κ1) is 20.9. The average Bonchev–Trinajstić information content (AvgIpc) is 2.49. The van der Waals surface area contributed by atoms with Gasteiger partial charge in [-0.3, -0.25) is 4.79 Å². The van der Waals surface area contributed by atoms with Gasteiger partial charge >= 0.3 is 11.9 Å². The van der Waals surface area contributed by atoms with E-state index in [9.17, 15) is 9.59 Å². The Hall–Kier alpha value is -2.12. The molecule has 0 radical (unpaired) electrons. The molecule has 7 nitrogen and oxygen atoms in total. The molecule has 3 atom stereocenters. The lowest BCUT2D eigenvalue weighted by Gasteiger charge is -2.26. The van der Waals surface area contributed by atoms with Crippen LogP contribution in [0.25, 0.3) is 0 Å². The molecule has 0 spiro atoms. The molecule has 0 aliphatic rings. The molecule has 1 aromatic rings. The first-order chi connectivity index (χ1) is 11.5. The molecule has 25 heavy (non-hydrogen) atoms. The second kappa shape index (κ2) is 8.82. The monoisotopic (exact) mass is 351 g/mol. The van der Waals surface area contributed by atoms with Gasteiger partial charge in [-0.05, 0) is 64.5 Å². The summed E-state index contributed by atoms with van der Waals surface area (Å²) in [7, 11) is 3.52. The van der Waals surface area contributed by atoms with Crippen molar-refractivity contribution in [3.63, 3.8) is 0 Å². The molecule has 0 heterocycles. The third-order valence-electron chi connectivity index (χ3n) is 4.04. The van der Waals surface area contributed by atoms with Gasteiger partial charge < -0.3 is 25.8 Å². The molecule has 0 fully saturated rings. The molecule has 0 amide bonds. The van der Waals surface area contributed by atoms with Crippen LogP contribution in [0.3, 0.4) is 0 Å². The molecular formula is C18H29N3O4. The van der Waals surface area contributed by atoms with Gasteiger partial charge in [-0.1, -0.05) is 6.07 Å². The van der Waals surface area contributed by atoms with E-state index in [2.05, 4.69) is 11.4 Å². The van der Waals surface area contributed by atoms with E-state index in [-0.39, 0.29) is 6.54 Å². The van der Waals surface area contributed by atoms with Crippen molar-refractivity contribution in [1.29, 1.82) is 0 Å². The highest BCUT2D eigenvalue weighted by molar-refractivity contribution is 5.81. The Morgan fingerprint density at radius 3 is 2.40 bits per heavy atom. The molecule has 1 rings (SSSR count). The number of benzene rings is 1. The predicted octanol–water partition coefficient (Wildman–Crippen LogP) is 1.30. The van der Waals surface area contributed by atoms with Crippen molar-refractivity contribution >= 4 is 17.6 Å². The Balaban J connectivity index is 2.85. The van der Waals surface area contributed by atoms with Gasteiger partial charge in [0.2, 0.25) is 0 Å². The number of aryl methyl sites for hydroxylation is 2. The van der Waals surface area contributed by atoms with Crippen molar-refractivity contribution in [2.24, 2.45) is 5.73 Å². The van der Waals surface area contributed by atoms with Crippen LogP contribution in [-0.4, -0.2) is 60.8 Å². The van der Waals surface area contributed by atoms with Gasteiger partial charge in [-0.25, -0.2) is 4.79 Å². The van der Waals surface area contributed by atoms with E-state index in [4.69, 9.17) is 15.6 Å². The van der Waals surface area contributed by atoms with Crippen molar-refractivity contribution in [3.05, 3.63) is 28.8 Å². The van der Waals surface area contributed by atoms with Crippen LogP contribution in [0.15, 0.2) is 12.1 Å². The number of nitrogens with two attached hydrogens (primary N) is 1. The molecule has 0 saturated heterocycles. The fourth-order valence-corrected chi connectivity index (χ4v) is 2.48. The van der Waals surface area contributed by atoms with E-state index in [1.54, 1.807) is 25.9 Å². The predicted molar refractivity (Wildman–Crippen MR) is 97.8 cm³/mol. The highest BCUT2D eigenvalue weighted by atomic mass is 16.5. The zero-order chi connectivity index (χ0) is 19.3. The quantitative estimate of drug-likeness (QED) is 0.606. The highest BCUT2D eigenvalue weighted by Crippen LogP contribution is 2.22. The summed E-state index contributed by atoms with van der Waals surface area (Å²) in [4.78, 5) is 25.3. The number of carboxylic acid groups (broad SMARTS) is 1. The number of carbonyl (C=O) groups is 2. The SMILES string of the molecule is Cc1cc(C)c(C)c(N[C@@H](C)C(=O)OC(CN(C)C)C(N)C(=O)O)c1. The van der Waals surface area contributed by atoms with E-state index in [0.717, 1.165) is 22.4 Å². The smallest absolute Gasteiger partial charge is 0.328 e. The molecule has 0 bridgehead atoms. The molecule has 7 heteroatoms. The number of anilines is 1. The Bertz CT molecular complexity index is 631. The molecule has 4 N–H and O–H groups in total. The number of carbonyl (C=O) groups excluding carboxylic acids is 1. The van der Waals surface area contributed by atoms with Crippen LogP contribution in [0.1, 0.15) is 23.6 Å². The van der Waals surface area contributed by atoms with Crippen molar-refractivity contribution < 1.29 is 19.4 Å². The van der Waals surface area contributed by atoms with Crippen molar-refractivity contribution in [2.45, 2.75) is 45.9 Å². The number of hydrogen-bond acceptors (Lipinski definition) is 6. The van der Waals surface area contributed by atoms with Crippen LogP contribution >= 0.6 is 0 Å². The minimum Gasteiger partial charge on any atom is -0.480 e. The van der Waals surface area contributed by atoms with Gasteiger partial charge in [0.05, 0.1) is 0 Å². The molecule has 140 valence electrons. The number of hydrogen-bond donors (Lipinski definition) is 3. The molecule has 0 aliphatic heterocycles. The zero-order valence-corrected chi connectivity index (χ0v) is 15.8. The summed E-state index contributed by atoms with van der Waals surface area (Å²) >= 11 is 0. The Morgan fingerprint density at radius 2 is 1.88 bits per heavy atom. The van der Waals surface area contributed by atoms with Crippen LogP contribution in [0.2, 0.25) is 0 Å². The number of rotatable bonds is 8. The normalized spacial score (nSPS) is 14.7. The topological polar surface area (TPSA) is 105 Å². The molecular weight excluding hydrogens is 322 g/mol. The Labute approximate surface area is 149 Å². The maximum atomic E-state index is 12.4. The van der Waals surface area contributed by atoms with Crippen molar-refractivity contribution in [2.75, 3.05) is 26.0 Å². The molecule has 0 aromatic heterocycles. The van der Waals surface area contributed by atoms with Crippen LogP contribution < -0.4 is 11.1 Å². The zero-order valence-electron chi connectivity index (χ0n) is 15.8. The largest absolute Gasteiger partial charge is 0.480 e. The van der Waals surface area contributed by atoms with Crippen molar-refractivity contribution in [3.8, 4) is 0 Å². The molecule has 2 unspecified atom stereocenters. The third kappa shape index (κ3) is 6.03. The Kier molecular flexibility index (Phi) is 7.38. The summed E-state index contributed by atoms with van der Waals surface area (Å²) in [5, 5.41) is 12.2. The lowest BCUT2D eigenvalue weighted by Crippen LogP contribution is -2.50. The fraction of sp³-hybridized carbons (Fsp3) is 0.556. The Morgan fingerprint density at radius 1 is 1.28 bits per heavy atom. The second-order valence-electron chi connectivity index (χ2n) is 6.72. The minimum atomic E-state index is -1.28. The summed E-state index contributed by atoms with van der Waals surface area (Å²) in [6, 6.07) is 2.13. The third-order valence-corrected chi connectivity index (χ3v) is 4.04. The van der Waals surface area contributed by atoms with E-state index in [1.165, 1.54) is 0 Å². The van der Waals surface area contributed by atoms with Crippen LogP contribution in [0.5, 0.6) is 0 Å². The number of nitrogens with zero attached hydrogens (tertiary/aromatic N) is 1. The van der Waals surface area contributed by atoms with E-state index < -0.39 is 30.1 Å². The van der Waals surface area contributed by atoms with Gasteiger partial charge in [0.1, 0.15) is 18.2 Å². The second-order valence-corrected chi connectivity index (χ2v) is 6.72. The number of nitrogens with one attached hydrogen (secondary N) is 1. The van der Waals surface area contributed by atoms with Gasteiger partial charge in [0, 0.05) is 12.2 Å². The maximum Gasteiger partial charge on any atom is 0.328 e. The molecule has 1 aromatic carbocycles. The summed E-state index contributed by atoms with van der Waals surface area (Å²) in [6.45, 7) is 7.88. The number of esters is 1. The van der Waals surface area contributed by atoms with Gasteiger partial charge in [0.25, 0.3) is 0 Å². The number of ether oxygens (including phenoxy) is 1. The van der Waals surface area contributed by atoms with E-state index in [0.29, 0.717) is 0 Å². The lowest BCUT2D eigenvalue weighted by molar-refractivity contribution is -0.155. The summed E-state index contributed by atoms with van der Waals surface area (Å²) in [6.07, 6.45) is -0.926. The average molecular weight is 351 g/mol. The van der Waals surface area contributed by atoms with Crippen LogP contribution in [0, 0.1) is 20.8 Å². The number of likely N-dealkylation sites (N-methyl/N-ethyl adjacent to an activating group) is 1. The minimum absolute atomic E-state index is 0.231. The first-order valence-electron chi connectivity index (χ1n) is 8.21. The maximum absolute atomic E-state index is 12.4. The van der Waals surface area contributed by atoms with E-state index >= 15 is 0 Å². The standard InChI is InChI=1S/C18H29N3O4/c1-10-7-11(2)12(3)14(8-10)20-13(4)18(24)25-15(9-21(5)6)16(19)17(22)23/h7-8,13,15-16,20H,9,19H2,1-6H3,(H,22,23)/t13-,15?,16?/m0/s1. The highest BCUT2D eigenvalue weighted by Gasteiger charge is 2.30. The summed E-state index contributed by atoms with van der Waals surface area (Å²) in [5.74, 6) is -1.74. The molecule has 0 aliphatic carbocycles. The summed E-state index contributed by atoms with van der Waals surface area (Å²) in [5.41, 5.74) is 9.77. The van der Waals surface area contributed by atoms with Crippen LogP contribution in [0.4, 0.5) is 5.69 Å². The van der Waals surface area contributed by atoms with Gasteiger partial charge in [-0.2, -0.15) is 0 Å². The van der Waals surface area contributed by atoms with Crippen LogP contribution in [-0.2, 0) is 14.3 Å². The number of aliphatic carboxylic acids is 1. The number of carboxylic acids is 1. The summed E-state index contributed by atoms with van der Waals surface area (Å²) < 4.78 is 5.37. The van der Waals surface area contributed by atoms with Crippen molar-refractivity contribution in [1.82, 2.24) is 4.90 Å². The molecule has 0 saturated carbocycles. The van der Waals surface area contributed by atoms with Gasteiger partial charge in [-0.15, -0.1) is 0 Å².